The summed E-state index contributed by atoms with van der Waals surface area (Å²) in [5.74, 6) is 0. The highest BCUT2D eigenvalue weighted by atomic mass is 79.9. The van der Waals surface area contributed by atoms with Gasteiger partial charge in [0.15, 0.2) is 0 Å². The minimum Gasteiger partial charge on any atom is -0.323 e. The van der Waals surface area contributed by atoms with Crippen LogP contribution in [0.15, 0.2) is 34.9 Å². The Morgan fingerprint density at radius 2 is 2.06 bits per heavy atom. The lowest BCUT2D eigenvalue weighted by Gasteiger charge is -2.08. The Morgan fingerprint density at radius 1 is 1.38 bits per heavy atom. The Kier molecular flexibility index (Phi) is 3.74. The van der Waals surface area contributed by atoms with Gasteiger partial charge < -0.3 is 5.73 Å². The average molecular weight is 297 g/mol. The van der Waals surface area contributed by atoms with Gasteiger partial charge in [0.2, 0.25) is 0 Å². The summed E-state index contributed by atoms with van der Waals surface area (Å²) in [5.41, 5.74) is 7.39. The number of thiazole rings is 1. The largest absolute Gasteiger partial charge is 0.323 e. The van der Waals surface area contributed by atoms with Crippen molar-refractivity contribution >= 4 is 27.3 Å². The maximum atomic E-state index is 6.14. The van der Waals surface area contributed by atoms with Gasteiger partial charge in [-0.3, -0.25) is 0 Å². The molecule has 1 unspecified atom stereocenters. The zero-order valence-corrected chi connectivity index (χ0v) is 11.4. The second kappa shape index (κ2) is 5.08. The molecule has 1 aromatic heterocycles. The molecule has 0 aliphatic carbocycles. The quantitative estimate of drug-likeness (QED) is 0.942. The van der Waals surface area contributed by atoms with Crippen LogP contribution in [0.4, 0.5) is 0 Å². The fourth-order valence-corrected chi connectivity index (χ4v) is 2.58. The molecule has 16 heavy (non-hydrogen) atoms. The number of hydrogen-bond acceptors (Lipinski definition) is 3. The first kappa shape index (κ1) is 11.8. The van der Waals surface area contributed by atoms with Crippen LogP contribution in [0.25, 0.3) is 0 Å². The van der Waals surface area contributed by atoms with E-state index in [1.807, 2.05) is 25.3 Å². The number of aromatic nitrogens is 1. The van der Waals surface area contributed by atoms with Gasteiger partial charge in [0, 0.05) is 21.6 Å². The molecule has 4 heteroatoms. The standard InChI is InChI=1S/C12H13BrN2S/c1-8-15-7-12(16-8)11(14)6-9-2-4-10(13)5-3-9/h2-5,7,11H,6,14H2,1H3. The van der Waals surface area contributed by atoms with Crippen molar-refractivity contribution in [3.8, 4) is 0 Å². The van der Waals surface area contributed by atoms with Crippen LogP contribution in [0.1, 0.15) is 21.5 Å². The third-order valence-electron chi connectivity index (χ3n) is 2.37. The van der Waals surface area contributed by atoms with Crippen LogP contribution in [0, 0.1) is 6.92 Å². The third kappa shape index (κ3) is 2.90. The first-order valence-electron chi connectivity index (χ1n) is 5.07. The molecule has 2 aromatic rings. The molecule has 0 amide bonds. The summed E-state index contributed by atoms with van der Waals surface area (Å²) in [7, 11) is 0. The predicted molar refractivity (Wildman–Crippen MR) is 71.6 cm³/mol. The molecule has 1 aromatic carbocycles. The summed E-state index contributed by atoms with van der Waals surface area (Å²) >= 11 is 5.09. The van der Waals surface area contributed by atoms with E-state index in [9.17, 15) is 0 Å². The Bertz CT molecular complexity index is 464. The topological polar surface area (TPSA) is 38.9 Å². The molecule has 1 heterocycles. The first-order valence-corrected chi connectivity index (χ1v) is 6.68. The van der Waals surface area contributed by atoms with E-state index in [1.54, 1.807) is 11.3 Å². The Balaban J connectivity index is 2.07. The van der Waals surface area contributed by atoms with Crippen molar-refractivity contribution in [2.45, 2.75) is 19.4 Å². The number of rotatable bonds is 3. The Labute approximate surface area is 108 Å². The fourth-order valence-electron chi connectivity index (χ4n) is 1.52. The van der Waals surface area contributed by atoms with Gasteiger partial charge in [0.05, 0.1) is 5.01 Å². The number of hydrogen-bond donors (Lipinski definition) is 1. The van der Waals surface area contributed by atoms with E-state index in [0.29, 0.717) is 0 Å². The second-order valence-electron chi connectivity index (χ2n) is 3.72. The van der Waals surface area contributed by atoms with Crippen LogP contribution < -0.4 is 5.73 Å². The molecule has 0 saturated heterocycles. The minimum absolute atomic E-state index is 0.0485. The molecule has 84 valence electrons. The van der Waals surface area contributed by atoms with E-state index in [1.165, 1.54) is 5.56 Å². The highest BCUT2D eigenvalue weighted by molar-refractivity contribution is 9.10. The van der Waals surface area contributed by atoms with Crippen molar-refractivity contribution in [2.24, 2.45) is 5.73 Å². The summed E-state index contributed by atoms with van der Waals surface area (Å²) < 4.78 is 1.10. The minimum atomic E-state index is 0.0485. The lowest BCUT2D eigenvalue weighted by atomic mass is 10.1. The lowest BCUT2D eigenvalue weighted by molar-refractivity contribution is 0.734. The molecule has 0 bridgehead atoms. The highest BCUT2D eigenvalue weighted by Gasteiger charge is 2.09. The number of halogens is 1. The Hall–Kier alpha value is -0.710. The summed E-state index contributed by atoms with van der Waals surface area (Å²) in [4.78, 5) is 5.38. The van der Waals surface area contributed by atoms with Crippen LogP contribution in [0.3, 0.4) is 0 Å². The summed E-state index contributed by atoms with van der Waals surface area (Å²) in [6.07, 6.45) is 2.73. The fraction of sp³-hybridized carbons (Fsp3) is 0.250. The van der Waals surface area contributed by atoms with Gasteiger partial charge in [-0.05, 0) is 31.0 Å². The van der Waals surface area contributed by atoms with E-state index >= 15 is 0 Å². The van der Waals surface area contributed by atoms with Gasteiger partial charge in [-0.25, -0.2) is 4.98 Å². The van der Waals surface area contributed by atoms with E-state index in [-0.39, 0.29) is 6.04 Å². The molecule has 0 fully saturated rings. The van der Waals surface area contributed by atoms with Crippen LogP contribution in [-0.2, 0) is 6.42 Å². The van der Waals surface area contributed by atoms with E-state index in [2.05, 4.69) is 33.0 Å². The van der Waals surface area contributed by atoms with Crippen molar-refractivity contribution in [2.75, 3.05) is 0 Å². The summed E-state index contributed by atoms with van der Waals surface area (Å²) in [5, 5.41) is 1.07. The molecule has 2 rings (SSSR count). The van der Waals surface area contributed by atoms with Crippen molar-refractivity contribution in [1.82, 2.24) is 4.98 Å². The van der Waals surface area contributed by atoms with Gasteiger partial charge in [-0.15, -0.1) is 11.3 Å². The van der Waals surface area contributed by atoms with Gasteiger partial charge in [0.25, 0.3) is 0 Å². The number of nitrogens with zero attached hydrogens (tertiary/aromatic N) is 1. The van der Waals surface area contributed by atoms with Crippen molar-refractivity contribution < 1.29 is 0 Å². The maximum Gasteiger partial charge on any atom is 0.0897 e. The van der Waals surface area contributed by atoms with Crippen LogP contribution in [0.5, 0.6) is 0 Å². The molecule has 2 N–H and O–H groups in total. The SMILES string of the molecule is Cc1ncc(C(N)Cc2ccc(Br)cc2)s1. The van der Waals surface area contributed by atoms with Gasteiger partial charge in [0.1, 0.15) is 0 Å². The number of nitrogens with two attached hydrogens (primary N) is 1. The Morgan fingerprint density at radius 3 is 2.62 bits per heavy atom. The van der Waals surface area contributed by atoms with Crippen LogP contribution >= 0.6 is 27.3 Å². The zero-order chi connectivity index (χ0) is 11.5. The molecule has 0 aliphatic heterocycles. The second-order valence-corrected chi connectivity index (χ2v) is 5.90. The molecule has 0 radical (unpaired) electrons. The van der Waals surface area contributed by atoms with E-state index < -0.39 is 0 Å². The van der Waals surface area contributed by atoms with Crippen molar-refractivity contribution in [3.05, 3.63) is 50.4 Å². The molecule has 0 spiro atoms. The number of benzene rings is 1. The normalized spacial score (nSPS) is 12.7. The molecular weight excluding hydrogens is 284 g/mol. The van der Waals surface area contributed by atoms with Gasteiger partial charge in [-0.2, -0.15) is 0 Å². The van der Waals surface area contributed by atoms with Crippen molar-refractivity contribution in [1.29, 1.82) is 0 Å². The maximum absolute atomic E-state index is 6.14. The number of aryl methyl sites for hydroxylation is 1. The van der Waals surface area contributed by atoms with Crippen LogP contribution in [0.2, 0.25) is 0 Å². The predicted octanol–water partition coefficient (Wildman–Crippen LogP) is 3.46. The zero-order valence-electron chi connectivity index (χ0n) is 8.98. The molecule has 1 atom stereocenters. The van der Waals surface area contributed by atoms with Gasteiger partial charge >= 0.3 is 0 Å². The lowest BCUT2D eigenvalue weighted by Crippen LogP contribution is -2.11. The summed E-state index contributed by atoms with van der Waals surface area (Å²) in [6, 6.07) is 8.32. The van der Waals surface area contributed by atoms with Crippen LogP contribution in [-0.4, -0.2) is 4.98 Å². The third-order valence-corrected chi connectivity index (χ3v) is 3.95. The summed E-state index contributed by atoms with van der Waals surface area (Å²) in [6.45, 7) is 2.00. The molecular formula is C12H13BrN2S. The van der Waals surface area contributed by atoms with E-state index in [4.69, 9.17) is 5.73 Å². The molecule has 2 nitrogen and oxygen atoms in total. The monoisotopic (exact) mass is 296 g/mol. The molecule has 0 aliphatic rings. The first-order chi connectivity index (χ1) is 7.65. The molecule has 0 saturated carbocycles. The highest BCUT2D eigenvalue weighted by Crippen LogP contribution is 2.22. The van der Waals surface area contributed by atoms with Crippen molar-refractivity contribution in [3.63, 3.8) is 0 Å². The van der Waals surface area contributed by atoms with E-state index in [0.717, 1.165) is 20.8 Å². The average Bonchev–Trinajstić information content (AvgIpc) is 2.68. The smallest absolute Gasteiger partial charge is 0.0897 e. The van der Waals surface area contributed by atoms with Gasteiger partial charge in [-0.1, -0.05) is 28.1 Å².